The number of fused-ring (bicyclic) bond motifs is 1. The molecule has 1 unspecified atom stereocenters. The van der Waals surface area contributed by atoms with Crippen molar-refractivity contribution in [3.63, 3.8) is 0 Å². The Kier molecular flexibility index (Phi) is 5.64. The zero-order valence-corrected chi connectivity index (χ0v) is 15.7. The number of benzene rings is 2. The third kappa shape index (κ3) is 4.09. The molecule has 7 heteroatoms. The van der Waals surface area contributed by atoms with Crippen molar-refractivity contribution < 1.29 is 27.7 Å². The Labute approximate surface area is 152 Å². The van der Waals surface area contributed by atoms with E-state index in [1.807, 2.05) is 6.92 Å². The van der Waals surface area contributed by atoms with Gasteiger partial charge in [0.1, 0.15) is 17.2 Å². The highest BCUT2D eigenvalue weighted by atomic mass is 31.2. The summed E-state index contributed by atoms with van der Waals surface area (Å²) in [5.74, 6) is 1.44. The van der Waals surface area contributed by atoms with E-state index in [0.717, 1.165) is 12.0 Å². The minimum atomic E-state index is -3.88. The Balaban J connectivity index is 1.75. The second kappa shape index (κ2) is 7.94. The number of ketones is 1. The van der Waals surface area contributed by atoms with E-state index in [1.165, 1.54) is 7.11 Å². The van der Waals surface area contributed by atoms with Crippen molar-refractivity contribution in [3.8, 4) is 17.2 Å². The molecule has 26 heavy (non-hydrogen) atoms. The van der Waals surface area contributed by atoms with Gasteiger partial charge < -0.3 is 13.8 Å². The maximum atomic E-state index is 12.9. The molecule has 0 radical (unpaired) electrons. The van der Waals surface area contributed by atoms with Crippen LogP contribution in [0.15, 0.2) is 42.5 Å². The summed E-state index contributed by atoms with van der Waals surface area (Å²) in [4.78, 5) is 11.9. The molecule has 0 N–H and O–H groups in total. The van der Waals surface area contributed by atoms with Gasteiger partial charge in [-0.25, -0.2) is 4.57 Å². The van der Waals surface area contributed by atoms with Crippen LogP contribution in [0.1, 0.15) is 35.7 Å². The highest BCUT2D eigenvalue weighted by Gasteiger charge is 2.32. The predicted octanol–water partition coefficient (Wildman–Crippen LogP) is 4.82. The minimum Gasteiger partial charge on any atom is -0.494 e. The summed E-state index contributed by atoms with van der Waals surface area (Å²) in [7, 11) is -2.63. The molecule has 138 valence electrons. The Morgan fingerprint density at radius 3 is 2.42 bits per heavy atom. The Bertz CT molecular complexity index is 830. The molecule has 0 saturated heterocycles. The largest absolute Gasteiger partial charge is 0.587 e. The van der Waals surface area contributed by atoms with Crippen molar-refractivity contribution in [1.29, 1.82) is 0 Å². The first-order valence-corrected chi connectivity index (χ1v) is 9.93. The molecule has 0 aliphatic heterocycles. The second-order valence-electron chi connectivity index (χ2n) is 5.84. The van der Waals surface area contributed by atoms with Crippen LogP contribution in [0.4, 0.5) is 0 Å². The van der Waals surface area contributed by atoms with Gasteiger partial charge in [0.15, 0.2) is 5.78 Å². The molecule has 1 atom stereocenters. The first kappa shape index (κ1) is 18.5. The smallest absolute Gasteiger partial charge is 0.494 e. The minimum absolute atomic E-state index is 0.0567. The maximum absolute atomic E-state index is 12.9. The average Bonchev–Trinajstić information content (AvgIpc) is 3.03. The zero-order chi connectivity index (χ0) is 18.6. The number of hydrogen-bond donors (Lipinski definition) is 0. The summed E-state index contributed by atoms with van der Waals surface area (Å²) >= 11 is 0. The van der Waals surface area contributed by atoms with Crippen LogP contribution in [0, 0.1) is 0 Å². The Morgan fingerprint density at radius 1 is 1.00 bits per heavy atom. The molecular weight excluding hydrogens is 355 g/mol. The lowest BCUT2D eigenvalue weighted by molar-refractivity contribution is 0.0994. The molecule has 1 aliphatic rings. The fourth-order valence-electron chi connectivity index (χ4n) is 2.70. The molecule has 3 rings (SSSR count). The van der Waals surface area contributed by atoms with Crippen molar-refractivity contribution in [2.75, 3.05) is 13.7 Å². The number of carbonyl (C=O) groups excluding carboxylic acids is 1. The molecular formula is C19H21O6P. The number of phosphoric acid groups is 1. The maximum Gasteiger partial charge on any atom is 0.587 e. The van der Waals surface area contributed by atoms with E-state index in [4.69, 9.17) is 18.3 Å². The SMILES string of the molecule is CCCOc1ccc(OP(=O)(OC)Oc2cccc3c2CCC3=O)cc1. The fraction of sp³-hybridized carbons (Fsp3) is 0.316. The standard InChI is InChI=1S/C19H21O6P/c1-3-13-23-14-7-9-15(10-8-14)24-26(21,22-2)25-19-6-4-5-16-17(19)11-12-18(16)20/h4-10H,3,11-13H2,1-2H3. The lowest BCUT2D eigenvalue weighted by Gasteiger charge is -2.19. The zero-order valence-electron chi connectivity index (χ0n) is 14.8. The van der Waals surface area contributed by atoms with E-state index in [-0.39, 0.29) is 5.78 Å². The molecule has 1 aliphatic carbocycles. The topological polar surface area (TPSA) is 71.1 Å². The summed E-state index contributed by atoms with van der Waals surface area (Å²) in [6.45, 7) is 2.65. The van der Waals surface area contributed by atoms with Crippen molar-refractivity contribution in [2.24, 2.45) is 0 Å². The number of carbonyl (C=O) groups is 1. The van der Waals surface area contributed by atoms with Crippen LogP contribution in [-0.2, 0) is 15.5 Å². The highest BCUT2D eigenvalue weighted by molar-refractivity contribution is 7.49. The van der Waals surface area contributed by atoms with Gasteiger partial charge in [-0.15, -0.1) is 0 Å². The van der Waals surface area contributed by atoms with Crippen LogP contribution in [0.25, 0.3) is 0 Å². The van der Waals surface area contributed by atoms with E-state index < -0.39 is 7.82 Å². The molecule has 0 amide bonds. The summed E-state index contributed by atoms with van der Waals surface area (Å²) < 4.78 is 34.4. The summed E-state index contributed by atoms with van der Waals surface area (Å²) in [6.07, 6.45) is 1.89. The van der Waals surface area contributed by atoms with E-state index in [9.17, 15) is 9.36 Å². The molecule has 2 aromatic carbocycles. The molecule has 2 aromatic rings. The van der Waals surface area contributed by atoms with E-state index in [2.05, 4.69) is 0 Å². The van der Waals surface area contributed by atoms with Gasteiger partial charge in [-0.3, -0.25) is 9.32 Å². The molecule has 0 heterocycles. The molecule has 0 spiro atoms. The lowest BCUT2D eigenvalue weighted by atomic mass is 10.1. The summed E-state index contributed by atoms with van der Waals surface area (Å²) in [5, 5.41) is 0. The number of phosphoric ester groups is 1. The molecule has 0 aromatic heterocycles. The number of rotatable bonds is 8. The molecule has 6 nitrogen and oxygen atoms in total. The molecule has 0 bridgehead atoms. The summed E-state index contributed by atoms with van der Waals surface area (Å²) in [6, 6.07) is 11.8. The van der Waals surface area contributed by atoms with Gasteiger partial charge in [0.05, 0.1) is 6.61 Å². The summed E-state index contributed by atoms with van der Waals surface area (Å²) in [5.41, 5.74) is 1.34. The monoisotopic (exact) mass is 376 g/mol. The van der Waals surface area contributed by atoms with Crippen LogP contribution in [0.5, 0.6) is 17.2 Å². The van der Waals surface area contributed by atoms with Crippen LogP contribution in [-0.4, -0.2) is 19.5 Å². The number of ether oxygens (including phenoxy) is 1. The third-order valence-corrected chi connectivity index (χ3v) is 5.29. The van der Waals surface area contributed by atoms with Crippen molar-refractivity contribution in [1.82, 2.24) is 0 Å². The van der Waals surface area contributed by atoms with E-state index in [0.29, 0.717) is 42.3 Å². The quantitative estimate of drug-likeness (QED) is 0.616. The first-order valence-electron chi connectivity index (χ1n) is 8.47. The van der Waals surface area contributed by atoms with Gasteiger partial charge in [0.2, 0.25) is 0 Å². The first-order chi connectivity index (χ1) is 12.5. The van der Waals surface area contributed by atoms with Crippen molar-refractivity contribution in [2.45, 2.75) is 26.2 Å². The Morgan fingerprint density at radius 2 is 1.73 bits per heavy atom. The highest BCUT2D eigenvalue weighted by Crippen LogP contribution is 2.50. The lowest BCUT2D eigenvalue weighted by Crippen LogP contribution is -2.04. The number of hydrogen-bond acceptors (Lipinski definition) is 6. The fourth-order valence-corrected chi connectivity index (χ4v) is 3.68. The molecule has 0 fully saturated rings. The van der Waals surface area contributed by atoms with Gasteiger partial charge in [-0.05, 0) is 43.2 Å². The van der Waals surface area contributed by atoms with Crippen LogP contribution >= 0.6 is 7.82 Å². The second-order valence-corrected chi connectivity index (χ2v) is 7.46. The van der Waals surface area contributed by atoms with Gasteiger partial charge in [0, 0.05) is 24.7 Å². The van der Waals surface area contributed by atoms with Crippen LogP contribution in [0.3, 0.4) is 0 Å². The van der Waals surface area contributed by atoms with Crippen molar-refractivity contribution in [3.05, 3.63) is 53.6 Å². The van der Waals surface area contributed by atoms with Crippen molar-refractivity contribution >= 4 is 13.6 Å². The van der Waals surface area contributed by atoms with Gasteiger partial charge in [-0.1, -0.05) is 19.1 Å². The van der Waals surface area contributed by atoms with Crippen LogP contribution in [0.2, 0.25) is 0 Å². The van der Waals surface area contributed by atoms with E-state index in [1.54, 1.807) is 42.5 Å². The predicted molar refractivity (Wildman–Crippen MR) is 97.2 cm³/mol. The van der Waals surface area contributed by atoms with Gasteiger partial charge in [-0.2, -0.15) is 0 Å². The average molecular weight is 376 g/mol. The van der Waals surface area contributed by atoms with E-state index >= 15 is 0 Å². The van der Waals surface area contributed by atoms with Gasteiger partial charge in [0.25, 0.3) is 0 Å². The van der Waals surface area contributed by atoms with Gasteiger partial charge >= 0.3 is 7.82 Å². The Hall–Kier alpha value is -2.30. The normalized spacial score (nSPS) is 15.2. The number of Topliss-reactive ketones (excluding diaryl/α,β-unsaturated/α-hetero) is 1. The molecule has 0 saturated carbocycles. The van der Waals surface area contributed by atoms with Crippen LogP contribution < -0.4 is 13.8 Å². The third-order valence-electron chi connectivity index (χ3n) is 3.98.